The third-order valence-corrected chi connectivity index (χ3v) is 2.57. The molecule has 0 spiro atoms. The minimum absolute atomic E-state index is 0.432. The number of nitrogens with zero attached hydrogens (tertiary/aromatic N) is 3. The summed E-state index contributed by atoms with van der Waals surface area (Å²) in [5, 5.41) is 11.4. The maximum absolute atomic E-state index is 8.44. The Morgan fingerprint density at radius 1 is 1.26 bits per heavy atom. The molecule has 2 aromatic rings. The minimum atomic E-state index is 0.432. The van der Waals surface area contributed by atoms with E-state index in [0.717, 1.165) is 16.9 Å². The van der Waals surface area contributed by atoms with Crippen LogP contribution in [0, 0.1) is 11.3 Å². The molecule has 0 aliphatic carbocycles. The van der Waals surface area contributed by atoms with E-state index in [4.69, 9.17) is 10.00 Å². The fourth-order valence-corrected chi connectivity index (χ4v) is 1.60. The van der Waals surface area contributed by atoms with Gasteiger partial charge in [0, 0.05) is 24.5 Å². The highest BCUT2D eigenvalue weighted by molar-refractivity contribution is 5.63. The van der Waals surface area contributed by atoms with Crippen LogP contribution >= 0.6 is 0 Å². The molecule has 0 saturated carbocycles. The third kappa shape index (κ3) is 3.42. The Morgan fingerprint density at radius 2 is 2.05 bits per heavy atom. The van der Waals surface area contributed by atoms with Gasteiger partial charge in [-0.15, -0.1) is 0 Å². The maximum atomic E-state index is 8.44. The summed E-state index contributed by atoms with van der Waals surface area (Å²) in [5.74, 6) is 1.33. The van der Waals surface area contributed by atoms with Crippen LogP contribution in [0.5, 0.6) is 5.75 Å². The molecule has 1 aromatic carbocycles. The number of nitriles is 1. The maximum Gasteiger partial charge on any atom is 0.222 e. The van der Waals surface area contributed by atoms with Gasteiger partial charge in [-0.25, -0.2) is 9.97 Å². The fraction of sp³-hybridized carbons (Fsp3) is 0.214. The van der Waals surface area contributed by atoms with Gasteiger partial charge in [0.2, 0.25) is 5.95 Å². The molecule has 0 saturated heterocycles. The summed E-state index contributed by atoms with van der Waals surface area (Å²) in [7, 11) is 1.64. The molecule has 0 radical (unpaired) electrons. The molecule has 5 heteroatoms. The smallest absolute Gasteiger partial charge is 0.222 e. The van der Waals surface area contributed by atoms with Crippen LogP contribution in [-0.4, -0.2) is 23.6 Å². The summed E-state index contributed by atoms with van der Waals surface area (Å²) < 4.78 is 5.18. The van der Waals surface area contributed by atoms with Crippen LogP contribution in [0.3, 0.4) is 0 Å². The van der Waals surface area contributed by atoms with E-state index in [1.54, 1.807) is 19.5 Å². The predicted molar refractivity (Wildman–Crippen MR) is 72.7 cm³/mol. The lowest BCUT2D eigenvalue weighted by atomic mass is 10.1. The van der Waals surface area contributed by atoms with E-state index in [2.05, 4.69) is 21.4 Å². The van der Waals surface area contributed by atoms with E-state index in [9.17, 15) is 0 Å². The molecular formula is C14H14N4O. The van der Waals surface area contributed by atoms with E-state index in [1.807, 2.05) is 24.3 Å². The van der Waals surface area contributed by atoms with Crippen LogP contribution in [0.4, 0.5) is 5.95 Å². The molecule has 0 fully saturated rings. The average molecular weight is 254 g/mol. The van der Waals surface area contributed by atoms with Crippen LogP contribution in [0.15, 0.2) is 36.7 Å². The summed E-state index contributed by atoms with van der Waals surface area (Å²) in [6.07, 6.45) is 3.92. The van der Waals surface area contributed by atoms with E-state index < -0.39 is 0 Å². The number of nitrogens with one attached hydrogen (secondary N) is 1. The van der Waals surface area contributed by atoms with Gasteiger partial charge in [-0.1, -0.05) is 12.1 Å². The Morgan fingerprint density at radius 3 is 2.74 bits per heavy atom. The number of hydrogen-bond acceptors (Lipinski definition) is 5. The van der Waals surface area contributed by atoms with Crippen molar-refractivity contribution in [3.05, 3.63) is 36.7 Å². The molecule has 0 atom stereocenters. The van der Waals surface area contributed by atoms with Crippen LogP contribution in [0.2, 0.25) is 0 Å². The SMILES string of the molecule is COc1cccc(-c2cnc(NCCC#N)nc2)c1. The molecule has 5 nitrogen and oxygen atoms in total. The Balaban J connectivity index is 2.11. The highest BCUT2D eigenvalue weighted by Crippen LogP contribution is 2.22. The third-order valence-electron chi connectivity index (χ3n) is 2.57. The monoisotopic (exact) mass is 254 g/mol. The second kappa shape index (κ2) is 6.36. The van der Waals surface area contributed by atoms with Crippen molar-refractivity contribution in [2.24, 2.45) is 0 Å². The standard InChI is InChI=1S/C14H14N4O/c1-19-13-5-2-4-11(8-13)12-9-17-14(18-10-12)16-7-3-6-15/h2,4-5,8-10H,3,7H2,1H3,(H,16,17,18). The number of benzene rings is 1. The topological polar surface area (TPSA) is 70.8 Å². The molecular weight excluding hydrogens is 240 g/mol. The normalized spacial score (nSPS) is 9.68. The van der Waals surface area contributed by atoms with E-state index in [0.29, 0.717) is 18.9 Å². The van der Waals surface area contributed by atoms with Crippen molar-refractivity contribution in [1.29, 1.82) is 5.26 Å². The molecule has 0 unspecified atom stereocenters. The van der Waals surface area contributed by atoms with Gasteiger partial charge in [0.15, 0.2) is 0 Å². The Labute approximate surface area is 111 Å². The van der Waals surface area contributed by atoms with Gasteiger partial charge in [0.05, 0.1) is 19.6 Å². The van der Waals surface area contributed by atoms with Crippen molar-refractivity contribution in [3.8, 4) is 22.9 Å². The van der Waals surface area contributed by atoms with Crippen molar-refractivity contribution in [2.45, 2.75) is 6.42 Å². The van der Waals surface area contributed by atoms with Crippen molar-refractivity contribution >= 4 is 5.95 Å². The predicted octanol–water partition coefficient (Wildman–Crippen LogP) is 2.48. The number of ether oxygens (including phenoxy) is 1. The number of rotatable bonds is 5. The molecule has 0 amide bonds. The first-order chi connectivity index (χ1) is 9.33. The largest absolute Gasteiger partial charge is 0.497 e. The summed E-state index contributed by atoms with van der Waals surface area (Å²) in [6.45, 7) is 0.551. The fourth-order valence-electron chi connectivity index (χ4n) is 1.60. The van der Waals surface area contributed by atoms with Crippen LogP contribution < -0.4 is 10.1 Å². The number of aromatic nitrogens is 2. The van der Waals surface area contributed by atoms with Gasteiger partial charge in [-0.2, -0.15) is 5.26 Å². The van der Waals surface area contributed by atoms with Gasteiger partial charge >= 0.3 is 0 Å². The zero-order valence-electron chi connectivity index (χ0n) is 10.6. The van der Waals surface area contributed by atoms with E-state index >= 15 is 0 Å². The summed E-state index contributed by atoms with van der Waals surface area (Å²) in [4.78, 5) is 8.42. The molecule has 0 aliphatic rings. The first kappa shape index (κ1) is 12.8. The molecule has 1 aromatic heterocycles. The number of anilines is 1. The average Bonchev–Trinajstić information content (AvgIpc) is 2.48. The second-order valence-corrected chi connectivity index (χ2v) is 3.86. The second-order valence-electron chi connectivity index (χ2n) is 3.86. The molecule has 19 heavy (non-hydrogen) atoms. The lowest BCUT2D eigenvalue weighted by Gasteiger charge is -2.05. The van der Waals surface area contributed by atoms with Crippen LogP contribution in [0.1, 0.15) is 6.42 Å². The first-order valence-corrected chi connectivity index (χ1v) is 5.91. The van der Waals surface area contributed by atoms with Crippen molar-refractivity contribution in [2.75, 3.05) is 19.0 Å². The van der Waals surface area contributed by atoms with Gasteiger partial charge in [0.1, 0.15) is 5.75 Å². The quantitative estimate of drug-likeness (QED) is 0.830. The lowest BCUT2D eigenvalue weighted by molar-refractivity contribution is 0.415. The minimum Gasteiger partial charge on any atom is -0.497 e. The lowest BCUT2D eigenvalue weighted by Crippen LogP contribution is -2.04. The molecule has 2 rings (SSSR count). The zero-order valence-corrected chi connectivity index (χ0v) is 10.6. The Kier molecular flexibility index (Phi) is 4.29. The van der Waals surface area contributed by atoms with Gasteiger partial charge < -0.3 is 10.1 Å². The van der Waals surface area contributed by atoms with E-state index in [1.165, 1.54) is 0 Å². The zero-order chi connectivity index (χ0) is 13.5. The molecule has 1 heterocycles. The Hall–Kier alpha value is -2.61. The van der Waals surface area contributed by atoms with Crippen LogP contribution in [-0.2, 0) is 0 Å². The van der Waals surface area contributed by atoms with Crippen molar-refractivity contribution in [3.63, 3.8) is 0 Å². The highest BCUT2D eigenvalue weighted by atomic mass is 16.5. The first-order valence-electron chi connectivity index (χ1n) is 5.91. The molecule has 1 N–H and O–H groups in total. The number of hydrogen-bond donors (Lipinski definition) is 1. The molecule has 0 aliphatic heterocycles. The van der Waals surface area contributed by atoms with Gasteiger partial charge in [-0.3, -0.25) is 0 Å². The van der Waals surface area contributed by atoms with Crippen LogP contribution in [0.25, 0.3) is 11.1 Å². The van der Waals surface area contributed by atoms with Crippen molar-refractivity contribution in [1.82, 2.24) is 9.97 Å². The van der Waals surface area contributed by atoms with E-state index in [-0.39, 0.29) is 0 Å². The van der Waals surface area contributed by atoms with Gasteiger partial charge in [-0.05, 0) is 17.7 Å². The Bertz CT molecular complexity index is 575. The summed E-state index contributed by atoms with van der Waals surface area (Å²) in [6, 6.07) is 9.78. The molecule has 0 bridgehead atoms. The van der Waals surface area contributed by atoms with Gasteiger partial charge in [0.25, 0.3) is 0 Å². The molecule has 96 valence electrons. The summed E-state index contributed by atoms with van der Waals surface area (Å²) in [5.41, 5.74) is 1.92. The van der Waals surface area contributed by atoms with Crippen molar-refractivity contribution < 1.29 is 4.74 Å². The highest BCUT2D eigenvalue weighted by Gasteiger charge is 2.01. The summed E-state index contributed by atoms with van der Waals surface area (Å²) >= 11 is 0. The number of methoxy groups -OCH3 is 1.